The zero-order valence-electron chi connectivity index (χ0n) is 15.8. The number of hydrogen-bond acceptors (Lipinski definition) is 4. The summed E-state index contributed by atoms with van der Waals surface area (Å²) in [6.45, 7) is 4.36. The predicted molar refractivity (Wildman–Crippen MR) is 108 cm³/mol. The van der Waals surface area contributed by atoms with Gasteiger partial charge >= 0.3 is 0 Å². The maximum atomic E-state index is 12.8. The van der Waals surface area contributed by atoms with Gasteiger partial charge < -0.3 is 14.7 Å². The van der Waals surface area contributed by atoms with Crippen LogP contribution in [0.4, 0.5) is 0 Å². The molecule has 28 heavy (non-hydrogen) atoms. The van der Waals surface area contributed by atoms with Crippen LogP contribution >= 0.6 is 11.6 Å². The topological polar surface area (TPSA) is 66.8 Å². The van der Waals surface area contributed by atoms with Gasteiger partial charge in [-0.05, 0) is 43.7 Å². The molecule has 0 saturated carbocycles. The van der Waals surface area contributed by atoms with E-state index in [2.05, 4.69) is 0 Å². The summed E-state index contributed by atoms with van der Waals surface area (Å²) in [5.41, 5.74) is 1.26. The van der Waals surface area contributed by atoms with Crippen molar-refractivity contribution >= 4 is 29.1 Å². The van der Waals surface area contributed by atoms with Crippen molar-refractivity contribution in [2.75, 3.05) is 13.2 Å². The number of benzene rings is 2. The Labute approximate surface area is 169 Å². The largest absolute Gasteiger partial charge is 0.507 e. The Morgan fingerprint density at radius 3 is 2.36 bits per heavy atom. The summed E-state index contributed by atoms with van der Waals surface area (Å²) in [6, 6.07) is 15.0. The quantitative estimate of drug-likeness (QED) is 0.449. The van der Waals surface area contributed by atoms with Crippen LogP contribution in [0.15, 0.2) is 60.2 Å². The first-order valence-electron chi connectivity index (χ1n) is 9.11. The number of ketones is 1. The molecule has 0 spiro atoms. The summed E-state index contributed by atoms with van der Waals surface area (Å²) in [4.78, 5) is 27.0. The highest BCUT2D eigenvalue weighted by Crippen LogP contribution is 2.39. The predicted octanol–water partition coefficient (Wildman–Crippen LogP) is 4.19. The molecule has 6 heteroatoms. The molecule has 5 nitrogen and oxygen atoms in total. The number of amides is 1. The molecule has 146 valence electrons. The van der Waals surface area contributed by atoms with E-state index >= 15 is 0 Å². The first-order valence-corrected chi connectivity index (χ1v) is 9.49. The lowest BCUT2D eigenvalue weighted by Gasteiger charge is -2.25. The molecule has 1 aliphatic heterocycles. The van der Waals surface area contributed by atoms with Crippen LogP contribution in [-0.2, 0) is 14.3 Å². The highest BCUT2D eigenvalue weighted by atomic mass is 35.5. The van der Waals surface area contributed by atoms with Crippen LogP contribution in [0, 0.1) is 0 Å². The van der Waals surface area contributed by atoms with Crippen LogP contribution in [0.5, 0.6) is 0 Å². The fourth-order valence-corrected chi connectivity index (χ4v) is 3.37. The Balaban J connectivity index is 2.06. The molecule has 0 aromatic heterocycles. The summed E-state index contributed by atoms with van der Waals surface area (Å²) in [7, 11) is 0. The number of nitrogens with zero attached hydrogens (tertiary/aromatic N) is 1. The Hall–Kier alpha value is -2.63. The first kappa shape index (κ1) is 20.1. The van der Waals surface area contributed by atoms with E-state index in [1.54, 1.807) is 24.3 Å². The lowest BCUT2D eigenvalue weighted by atomic mass is 9.95. The van der Waals surface area contributed by atoms with Gasteiger partial charge in [0.1, 0.15) is 5.76 Å². The lowest BCUT2D eigenvalue weighted by Crippen LogP contribution is -2.33. The molecule has 1 fully saturated rings. The van der Waals surface area contributed by atoms with Crippen molar-refractivity contribution in [2.24, 2.45) is 0 Å². The van der Waals surface area contributed by atoms with Crippen LogP contribution in [0.1, 0.15) is 31.0 Å². The molecular weight excluding hydrogens is 378 g/mol. The molecule has 2 aromatic carbocycles. The summed E-state index contributed by atoms with van der Waals surface area (Å²) in [6.07, 6.45) is 0.0149. The van der Waals surface area contributed by atoms with Gasteiger partial charge in [0, 0.05) is 17.1 Å². The Morgan fingerprint density at radius 2 is 1.75 bits per heavy atom. The van der Waals surface area contributed by atoms with Gasteiger partial charge in [-0.15, -0.1) is 0 Å². The van der Waals surface area contributed by atoms with Gasteiger partial charge in [0.25, 0.3) is 11.7 Å². The van der Waals surface area contributed by atoms with Crippen LogP contribution < -0.4 is 0 Å². The molecule has 0 bridgehead atoms. The Bertz CT molecular complexity index is 891. The normalized spacial score (nSPS) is 18.9. The average Bonchev–Trinajstić information content (AvgIpc) is 2.93. The smallest absolute Gasteiger partial charge is 0.295 e. The van der Waals surface area contributed by atoms with E-state index in [0.717, 1.165) is 5.56 Å². The fourth-order valence-electron chi connectivity index (χ4n) is 3.24. The van der Waals surface area contributed by atoms with E-state index < -0.39 is 17.7 Å². The molecule has 0 aliphatic carbocycles. The van der Waals surface area contributed by atoms with Gasteiger partial charge in [-0.2, -0.15) is 0 Å². The zero-order chi connectivity index (χ0) is 20.3. The number of halogens is 1. The SMILES string of the molecule is CC(C)OCCN1C(=O)C(=O)/C(=C(\O)c2ccc(Cl)cc2)C1c1ccccc1. The van der Waals surface area contributed by atoms with E-state index in [-0.39, 0.29) is 24.0 Å². The molecule has 1 saturated heterocycles. The van der Waals surface area contributed by atoms with Gasteiger partial charge in [0.2, 0.25) is 0 Å². The van der Waals surface area contributed by atoms with Crippen LogP contribution in [0.2, 0.25) is 5.02 Å². The van der Waals surface area contributed by atoms with Crippen molar-refractivity contribution < 1.29 is 19.4 Å². The second-order valence-corrected chi connectivity index (χ2v) is 7.27. The van der Waals surface area contributed by atoms with Crippen molar-refractivity contribution in [1.29, 1.82) is 0 Å². The van der Waals surface area contributed by atoms with Gasteiger partial charge in [-0.3, -0.25) is 9.59 Å². The third-order valence-electron chi connectivity index (χ3n) is 4.56. The minimum atomic E-state index is -0.703. The Morgan fingerprint density at radius 1 is 1.11 bits per heavy atom. The van der Waals surface area contributed by atoms with E-state index in [0.29, 0.717) is 17.2 Å². The molecule has 1 unspecified atom stereocenters. The minimum Gasteiger partial charge on any atom is -0.507 e. The second kappa shape index (κ2) is 8.59. The van der Waals surface area contributed by atoms with E-state index in [1.165, 1.54) is 4.90 Å². The monoisotopic (exact) mass is 399 g/mol. The standard InChI is InChI=1S/C22H22ClNO4/c1-14(2)28-13-12-24-19(15-6-4-3-5-7-15)18(21(26)22(24)27)20(25)16-8-10-17(23)11-9-16/h3-11,14,19,25H,12-13H2,1-2H3/b20-18-. The molecule has 1 aliphatic rings. The van der Waals surface area contributed by atoms with Crippen molar-refractivity contribution in [2.45, 2.75) is 26.0 Å². The van der Waals surface area contributed by atoms with Gasteiger partial charge in [-0.25, -0.2) is 0 Å². The summed E-state index contributed by atoms with van der Waals surface area (Å²) >= 11 is 5.92. The molecule has 3 rings (SSSR count). The van der Waals surface area contributed by atoms with Crippen LogP contribution in [0.25, 0.3) is 5.76 Å². The van der Waals surface area contributed by atoms with Gasteiger partial charge in [-0.1, -0.05) is 41.9 Å². The fraction of sp³-hybridized carbons (Fsp3) is 0.273. The average molecular weight is 400 g/mol. The number of hydrogen-bond donors (Lipinski definition) is 1. The molecule has 1 heterocycles. The maximum Gasteiger partial charge on any atom is 0.295 e. The summed E-state index contributed by atoms with van der Waals surface area (Å²) < 4.78 is 5.57. The van der Waals surface area contributed by atoms with Crippen molar-refractivity contribution in [3.63, 3.8) is 0 Å². The summed E-state index contributed by atoms with van der Waals surface area (Å²) in [5.74, 6) is -1.56. The van der Waals surface area contributed by atoms with Crippen LogP contribution in [0.3, 0.4) is 0 Å². The van der Waals surface area contributed by atoms with E-state index in [1.807, 2.05) is 44.2 Å². The van der Waals surface area contributed by atoms with Crippen molar-refractivity contribution in [3.05, 3.63) is 76.3 Å². The number of Topliss-reactive ketones (excluding diaryl/α,β-unsaturated/α-hetero) is 1. The second-order valence-electron chi connectivity index (χ2n) is 6.83. The van der Waals surface area contributed by atoms with Gasteiger partial charge in [0.15, 0.2) is 0 Å². The third-order valence-corrected chi connectivity index (χ3v) is 4.81. The molecule has 2 aromatic rings. The molecule has 1 N–H and O–H groups in total. The number of aliphatic hydroxyl groups is 1. The highest BCUT2D eigenvalue weighted by molar-refractivity contribution is 6.46. The van der Waals surface area contributed by atoms with E-state index in [9.17, 15) is 14.7 Å². The highest BCUT2D eigenvalue weighted by Gasteiger charge is 2.45. The molecular formula is C22H22ClNO4. The molecule has 1 amide bonds. The third kappa shape index (κ3) is 4.11. The first-order chi connectivity index (χ1) is 13.4. The maximum absolute atomic E-state index is 12.8. The summed E-state index contributed by atoms with van der Waals surface area (Å²) in [5, 5.41) is 11.4. The van der Waals surface area contributed by atoms with Crippen LogP contribution in [-0.4, -0.2) is 41.0 Å². The minimum absolute atomic E-state index is 0.0149. The number of aliphatic hydroxyl groups excluding tert-OH is 1. The zero-order valence-corrected chi connectivity index (χ0v) is 16.5. The lowest BCUT2D eigenvalue weighted by molar-refractivity contribution is -0.140. The Kier molecular flexibility index (Phi) is 6.17. The number of carbonyl (C=O) groups is 2. The number of ether oxygens (including phenoxy) is 1. The van der Waals surface area contributed by atoms with Crippen molar-refractivity contribution in [1.82, 2.24) is 4.90 Å². The number of carbonyl (C=O) groups excluding carboxylic acids is 2. The molecule has 0 radical (unpaired) electrons. The number of likely N-dealkylation sites (tertiary alicyclic amines) is 1. The van der Waals surface area contributed by atoms with Crippen molar-refractivity contribution in [3.8, 4) is 0 Å². The number of rotatable bonds is 6. The van der Waals surface area contributed by atoms with E-state index in [4.69, 9.17) is 16.3 Å². The molecule has 1 atom stereocenters. The van der Waals surface area contributed by atoms with Gasteiger partial charge in [0.05, 0.1) is 24.3 Å².